The van der Waals surface area contributed by atoms with E-state index >= 15 is 0 Å². The number of azo groups is 2. The monoisotopic (exact) mass is 604 g/mol. The molecule has 2 aromatic carbocycles. The number of nitrogens with zero attached hydrogens (tertiary/aromatic N) is 4. The van der Waals surface area contributed by atoms with Crippen LogP contribution in [0.3, 0.4) is 0 Å². The Morgan fingerprint density at radius 1 is 0.675 bits per heavy atom. The van der Waals surface area contributed by atoms with Crippen LogP contribution in [0.5, 0.6) is 0 Å². The largest absolute Gasteiger partial charge is 0.312 e. The number of thiocarbonyl (C=S) groups is 1. The van der Waals surface area contributed by atoms with Gasteiger partial charge in [-0.3, -0.25) is 31.3 Å². The molecular weight excluding hydrogens is 569 g/mol. The summed E-state index contributed by atoms with van der Waals surface area (Å²) >= 11 is 6.64. The van der Waals surface area contributed by atoms with E-state index < -0.39 is 21.8 Å². The minimum absolute atomic E-state index is 0.0193. The second-order valence-electron chi connectivity index (χ2n) is 9.53. The van der Waals surface area contributed by atoms with Crippen LogP contribution >= 0.6 is 36.1 Å². The van der Waals surface area contributed by atoms with Crippen LogP contribution in [0.2, 0.25) is 0 Å². The van der Waals surface area contributed by atoms with Crippen molar-refractivity contribution in [3.8, 4) is 0 Å². The molecule has 2 amide bonds. The Morgan fingerprint density at radius 2 is 1.02 bits per heavy atom. The molecule has 0 aliphatic heterocycles. The van der Waals surface area contributed by atoms with Gasteiger partial charge in [-0.1, -0.05) is 60.7 Å². The van der Waals surface area contributed by atoms with Crippen LogP contribution in [0, 0.1) is 0 Å². The average molecular weight is 605 g/mol. The molecule has 2 atom stereocenters. The topological polar surface area (TPSA) is 156 Å². The quantitative estimate of drug-likeness (QED) is 0.0819. The van der Waals surface area contributed by atoms with Gasteiger partial charge in [0, 0.05) is 23.9 Å². The Kier molecular flexibility index (Phi) is 13.4. The predicted molar refractivity (Wildman–Crippen MR) is 165 cm³/mol. The fraction of sp³-hybridized carbons (Fsp3) is 0.400. The maximum absolute atomic E-state index is 12.2. The van der Waals surface area contributed by atoms with E-state index in [4.69, 9.17) is 12.2 Å². The molecule has 2 aromatic rings. The molecule has 40 heavy (non-hydrogen) atoms. The highest BCUT2D eigenvalue weighted by atomic mass is 32.2. The van der Waals surface area contributed by atoms with Crippen molar-refractivity contribution in [1.82, 2.24) is 31.1 Å². The van der Waals surface area contributed by atoms with Gasteiger partial charge in [0.25, 0.3) is 0 Å². The summed E-state index contributed by atoms with van der Waals surface area (Å²) in [5, 5.41) is 16.3. The third-order valence-electron chi connectivity index (χ3n) is 4.87. The lowest BCUT2D eigenvalue weighted by atomic mass is 10.1. The summed E-state index contributed by atoms with van der Waals surface area (Å²) in [4.78, 5) is 24.3. The van der Waals surface area contributed by atoms with Gasteiger partial charge in [-0.2, -0.15) is 20.5 Å². The van der Waals surface area contributed by atoms with E-state index in [-0.39, 0.29) is 17.2 Å². The van der Waals surface area contributed by atoms with Crippen molar-refractivity contribution in [2.24, 2.45) is 20.5 Å². The zero-order valence-electron chi connectivity index (χ0n) is 23.3. The van der Waals surface area contributed by atoms with Crippen molar-refractivity contribution in [3.63, 3.8) is 0 Å². The van der Waals surface area contributed by atoms with Crippen molar-refractivity contribution < 1.29 is 9.59 Å². The van der Waals surface area contributed by atoms with Gasteiger partial charge >= 0.3 is 10.5 Å². The molecule has 0 radical (unpaired) electrons. The van der Waals surface area contributed by atoms with Gasteiger partial charge in [0.1, 0.15) is 11.3 Å². The summed E-state index contributed by atoms with van der Waals surface area (Å²) in [6, 6.07) is 19.4. The second-order valence-corrected chi connectivity index (χ2v) is 11.5. The van der Waals surface area contributed by atoms with E-state index in [2.05, 4.69) is 51.6 Å². The van der Waals surface area contributed by atoms with Crippen LogP contribution in [-0.4, -0.2) is 26.9 Å². The highest BCUT2D eigenvalue weighted by molar-refractivity contribution is 8.12. The summed E-state index contributed by atoms with van der Waals surface area (Å²) in [5.41, 5.74) is 10.3. The molecule has 2 rings (SSSR count). The van der Waals surface area contributed by atoms with E-state index in [1.807, 2.05) is 74.5 Å². The lowest BCUT2D eigenvalue weighted by Gasteiger charge is -2.20. The van der Waals surface area contributed by atoms with Gasteiger partial charge in [0.15, 0.2) is 0 Å². The summed E-state index contributed by atoms with van der Waals surface area (Å²) in [6.45, 7) is 11.1. The fourth-order valence-electron chi connectivity index (χ4n) is 2.74. The Balaban J connectivity index is 1.64. The smallest absolute Gasteiger partial charge is 0.272 e. The van der Waals surface area contributed by atoms with Gasteiger partial charge in [-0.25, -0.2) is 9.44 Å². The average Bonchev–Trinajstić information content (AvgIpc) is 2.95. The first-order valence-corrected chi connectivity index (χ1v) is 14.4. The van der Waals surface area contributed by atoms with Gasteiger partial charge in [0.2, 0.25) is 5.11 Å². The number of carbonyl (C=O) groups is 2. The highest BCUT2D eigenvalue weighted by Gasteiger charge is 2.20. The summed E-state index contributed by atoms with van der Waals surface area (Å²) in [5.74, 6) is 0. The SMILES string of the molecule is CC(N=NC(C)(C)NSC(=O)NNC(=S)NNC(=O)SNC(C)(C)N=NC(C)c1ccccc1)c1ccccc1. The van der Waals surface area contributed by atoms with Gasteiger partial charge < -0.3 is 0 Å². The van der Waals surface area contributed by atoms with Crippen LogP contribution in [0.25, 0.3) is 0 Å². The van der Waals surface area contributed by atoms with Crippen molar-refractivity contribution in [2.45, 2.75) is 65.0 Å². The van der Waals surface area contributed by atoms with E-state index in [1.54, 1.807) is 27.7 Å². The van der Waals surface area contributed by atoms with E-state index in [9.17, 15) is 9.59 Å². The van der Waals surface area contributed by atoms with Crippen LogP contribution in [-0.2, 0) is 0 Å². The minimum Gasteiger partial charge on any atom is -0.272 e. The third-order valence-corrected chi connectivity index (χ3v) is 6.85. The predicted octanol–water partition coefficient (Wildman–Crippen LogP) is 6.07. The lowest BCUT2D eigenvalue weighted by Crippen LogP contribution is -2.52. The number of benzene rings is 2. The van der Waals surface area contributed by atoms with Crippen molar-refractivity contribution in [2.75, 3.05) is 0 Å². The van der Waals surface area contributed by atoms with Crippen molar-refractivity contribution in [1.29, 1.82) is 0 Å². The Bertz CT molecular complexity index is 1070. The zero-order valence-corrected chi connectivity index (χ0v) is 25.7. The summed E-state index contributed by atoms with van der Waals surface area (Å²) < 4.78 is 5.88. The number of nitrogens with one attached hydrogen (secondary N) is 6. The zero-order chi connectivity index (χ0) is 29.6. The minimum atomic E-state index is -0.797. The van der Waals surface area contributed by atoms with Crippen LogP contribution in [0.1, 0.15) is 64.8 Å². The van der Waals surface area contributed by atoms with E-state index in [0.717, 1.165) is 35.0 Å². The van der Waals surface area contributed by atoms with Crippen LogP contribution in [0.15, 0.2) is 81.1 Å². The summed E-state index contributed by atoms with van der Waals surface area (Å²) in [6.07, 6.45) is 0. The van der Waals surface area contributed by atoms with E-state index in [0.29, 0.717) is 0 Å². The van der Waals surface area contributed by atoms with Crippen molar-refractivity contribution >= 4 is 51.7 Å². The summed E-state index contributed by atoms with van der Waals surface area (Å²) in [7, 11) is 0. The molecule has 0 aromatic heterocycles. The van der Waals surface area contributed by atoms with Gasteiger partial charge in [-0.05, 0) is 64.9 Å². The number of hydrogen-bond donors (Lipinski definition) is 6. The molecule has 15 heteroatoms. The molecule has 216 valence electrons. The first kappa shape index (κ1) is 33.1. The molecule has 12 nitrogen and oxygen atoms in total. The fourth-order valence-corrected chi connectivity index (χ4v) is 3.81. The number of amides is 2. The molecule has 0 heterocycles. The molecule has 0 bridgehead atoms. The molecule has 0 saturated heterocycles. The molecule has 2 unspecified atom stereocenters. The lowest BCUT2D eigenvalue weighted by molar-refractivity contribution is 0.258. The number of hydrogen-bond acceptors (Lipinski definition) is 11. The second kappa shape index (κ2) is 16.2. The van der Waals surface area contributed by atoms with Crippen LogP contribution < -0.4 is 31.1 Å². The Morgan fingerprint density at radius 3 is 1.38 bits per heavy atom. The maximum Gasteiger partial charge on any atom is 0.312 e. The molecule has 6 N–H and O–H groups in total. The number of rotatable bonds is 10. The standard InChI is InChI=1S/C25H36N10O2S3/c1-17(19-13-9-7-10-14-19)26-32-24(3,4)34-39-22(36)30-28-21(38)29-31-23(37)40-35-25(5,6)33-27-18(2)20-15-11-8-12-16-20/h7-18,34-35H,1-6H3,(H,30,36)(H,31,37)(H2,28,29,38). The molecule has 0 aliphatic rings. The molecule has 0 saturated carbocycles. The Hall–Kier alpha value is -3.11. The highest BCUT2D eigenvalue weighted by Crippen LogP contribution is 2.21. The number of carbonyl (C=O) groups excluding carboxylic acids is 2. The first-order chi connectivity index (χ1) is 18.9. The maximum atomic E-state index is 12.2. The van der Waals surface area contributed by atoms with Gasteiger partial charge in [0.05, 0.1) is 12.1 Å². The van der Waals surface area contributed by atoms with Crippen molar-refractivity contribution in [3.05, 3.63) is 71.8 Å². The number of hydrazine groups is 2. The Labute approximate surface area is 249 Å². The molecule has 0 fully saturated rings. The normalized spacial score (nSPS) is 13.6. The third kappa shape index (κ3) is 13.3. The first-order valence-electron chi connectivity index (χ1n) is 12.3. The van der Waals surface area contributed by atoms with Gasteiger partial charge in [-0.15, -0.1) is 0 Å². The molecule has 0 spiro atoms. The van der Waals surface area contributed by atoms with Crippen LogP contribution in [0.4, 0.5) is 9.59 Å². The molecule has 0 aliphatic carbocycles. The molecular formula is C25H36N10O2S3. The van der Waals surface area contributed by atoms with E-state index in [1.165, 1.54) is 0 Å².